The summed E-state index contributed by atoms with van der Waals surface area (Å²) in [4.78, 5) is 42.6. The van der Waals surface area contributed by atoms with Crippen molar-refractivity contribution in [3.05, 3.63) is 52.6 Å². The normalized spacial score (nSPS) is 24.8. The van der Waals surface area contributed by atoms with Crippen LogP contribution in [0.15, 0.2) is 47.1 Å². The third kappa shape index (κ3) is 3.14. The first-order valence-electron chi connectivity index (χ1n) is 11.3. The number of anilines is 1. The lowest BCUT2D eigenvalue weighted by molar-refractivity contribution is -0.141. The van der Waals surface area contributed by atoms with E-state index in [2.05, 4.69) is 13.8 Å². The molecule has 4 rings (SSSR count). The Morgan fingerprint density at radius 1 is 1.28 bits per heavy atom. The average Bonchev–Trinajstić information content (AvgIpc) is 2.94. The molecule has 1 amide bonds. The van der Waals surface area contributed by atoms with Crippen LogP contribution in [0.1, 0.15) is 52.5 Å². The van der Waals surface area contributed by atoms with Gasteiger partial charge in [0.15, 0.2) is 5.78 Å². The molecule has 0 aromatic heterocycles. The lowest BCUT2D eigenvalue weighted by atomic mass is 9.64. The van der Waals surface area contributed by atoms with Gasteiger partial charge in [-0.15, -0.1) is 0 Å². The van der Waals surface area contributed by atoms with Crippen molar-refractivity contribution < 1.29 is 23.9 Å². The minimum Gasteiger partial charge on any atom is -0.462 e. The molecule has 170 valence electrons. The number of hydrogen-bond acceptors (Lipinski definition) is 6. The van der Waals surface area contributed by atoms with Gasteiger partial charge in [-0.1, -0.05) is 39.0 Å². The lowest BCUT2D eigenvalue weighted by Gasteiger charge is -2.40. The number of esters is 1. The summed E-state index contributed by atoms with van der Waals surface area (Å²) in [6, 6.07) is 7.32. The molecular weight excluding hydrogens is 408 g/mol. The number of ether oxygens (including phenoxy) is 2. The molecule has 2 aliphatic heterocycles. The highest BCUT2D eigenvalue weighted by Gasteiger charge is 2.63. The quantitative estimate of drug-likeness (QED) is 0.708. The van der Waals surface area contributed by atoms with Crippen LogP contribution < -0.4 is 10.6 Å². The molecular formula is C25H30N2O5. The summed E-state index contributed by atoms with van der Waals surface area (Å²) in [7, 11) is 0. The van der Waals surface area contributed by atoms with Crippen molar-refractivity contribution in [1.29, 1.82) is 0 Å². The number of fused-ring (bicyclic) bond motifs is 3. The van der Waals surface area contributed by atoms with E-state index in [4.69, 9.17) is 15.2 Å². The van der Waals surface area contributed by atoms with Crippen LogP contribution in [-0.2, 0) is 29.3 Å². The Morgan fingerprint density at radius 3 is 2.69 bits per heavy atom. The Labute approximate surface area is 188 Å². The summed E-state index contributed by atoms with van der Waals surface area (Å²) in [6.07, 6.45) is 1.53. The minimum absolute atomic E-state index is 0.0547. The number of carbonyl (C=O) groups excluding carboxylic acids is 3. The van der Waals surface area contributed by atoms with E-state index in [9.17, 15) is 14.4 Å². The predicted molar refractivity (Wildman–Crippen MR) is 119 cm³/mol. The van der Waals surface area contributed by atoms with Crippen molar-refractivity contribution in [3.63, 3.8) is 0 Å². The van der Waals surface area contributed by atoms with Crippen molar-refractivity contribution in [1.82, 2.24) is 0 Å². The summed E-state index contributed by atoms with van der Waals surface area (Å²) < 4.78 is 11.1. The number of amides is 1. The second-order valence-corrected chi connectivity index (χ2v) is 9.20. The molecule has 1 aromatic rings. The summed E-state index contributed by atoms with van der Waals surface area (Å²) in [6.45, 7) is 8.39. The molecule has 0 radical (unpaired) electrons. The van der Waals surface area contributed by atoms with Crippen molar-refractivity contribution in [3.8, 4) is 0 Å². The van der Waals surface area contributed by atoms with E-state index in [1.807, 2.05) is 25.1 Å². The zero-order valence-corrected chi connectivity index (χ0v) is 19.1. The van der Waals surface area contributed by atoms with Gasteiger partial charge in [-0.2, -0.15) is 0 Å². The topological polar surface area (TPSA) is 98.9 Å². The van der Waals surface area contributed by atoms with Gasteiger partial charge in [0, 0.05) is 30.6 Å². The van der Waals surface area contributed by atoms with Gasteiger partial charge in [0.2, 0.25) is 11.8 Å². The molecule has 1 spiro atoms. The summed E-state index contributed by atoms with van der Waals surface area (Å²) >= 11 is 0. The van der Waals surface area contributed by atoms with Crippen LogP contribution in [0, 0.1) is 11.8 Å². The Kier molecular flexibility index (Phi) is 5.61. The van der Waals surface area contributed by atoms with Crippen LogP contribution in [0.3, 0.4) is 0 Å². The molecule has 1 aliphatic carbocycles. The van der Waals surface area contributed by atoms with Crippen LogP contribution in [0.25, 0.3) is 0 Å². The number of carbonyl (C=O) groups is 3. The fraction of sp³-hybridized carbons (Fsp3) is 0.480. The molecule has 0 unspecified atom stereocenters. The minimum atomic E-state index is -1.64. The Bertz CT molecular complexity index is 1050. The zero-order chi connectivity index (χ0) is 23.2. The maximum Gasteiger partial charge on any atom is 0.341 e. The summed E-state index contributed by atoms with van der Waals surface area (Å²) in [5.41, 5.74) is 6.06. The van der Waals surface area contributed by atoms with E-state index >= 15 is 0 Å². The smallest absolute Gasteiger partial charge is 0.341 e. The molecule has 0 fully saturated rings. The van der Waals surface area contributed by atoms with Gasteiger partial charge in [0.1, 0.15) is 16.7 Å². The molecule has 0 bridgehead atoms. The molecule has 1 aromatic carbocycles. The van der Waals surface area contributed by atoms with E-state index in [0.29, 0.717) is 35.9 Å². The Hall–Kier alpha value is -3.09. The second-order valence-electron chi connectivity index (χ2n) is 9.20. The fourth-order valence-corrected chi connectivity index (χ4v) is 5.07. The monoisotopic (exact) mass is 438 g/mol. The van der Waals surface area contributed by atoms with Crippen LogP contribution in [0.4, 0.5) is 5.69 Å². The summed E-state index contributed by atoms with van der Waals surface area (Å²) in [5.74, 6) is -0.633. The zero-order valence-electron chi connectivity index (χ0n) is 19.1. The Balaban J connectivity index is 2.02. The van der Waals surface area contributed by atoms with E-state index in [1.54, 1.807) is 17.9 Å². The highest BCUT2D eigenvalue weighted by molar-refractivity contribution is 6.23. The van der Waals surface area contributed by atoms with Gasteiger partial charge in [-0.05, 0) is 31.2 Å². The number of para-hydroxylation sites is 1. The first-order chi connectivity index (χ1) is 15.2. The largest absolute Gasteiger partial charge is 0.462 e. The predicted octanol–water partition coefficient (Wildman–Crippen LogP) is 3.33. The number of nitrogens with zero attached hydrogens (tertiary/aromatic N) is 1. The van der Waals surface area contributed by atoms with Gasteiger partial charge >= 0.3 is 5.97 Å². The van der Waals surface area contributed by atoms with Gasteiger partial charge in [0.25, 0.3) is 0 Å². The number of nitrogens with two attached hydrogens (primary N) is 1. The number of allylic oxidation sites excluding steroid dienone is 1. The standard InChI is InChI=1S/C25H30N2O5/c1-5-31-23(29)21-22(26)32-19-13-15(4)12-18(28)20(19)25(21)16-8-6-7-9-17(16)27(24(25)30)11-10-14(2)3/h6-9,14-15H,5,10-13,26H2,1-4H3/t15-,25+/m0/s1. The first-order valence-corrected chi connectivity index (χ1v) is 11.3. The maximum atomic E-state index is 14.3. The molecule has 3 aliphatic rings. The highest BCUT2D eigenvalue weighted by Crippen LogP contribution is 2.56. The van der Waals surface area contributed by atoms with E-state index in [0.717, 1.165) is 6.42 Å². The second kappa shape index (κ2) is 8.11. The number of rotatable bonds is 5. The Morgan fingerprint density at radius 2 is 2.00 bits per heavy atom. The van der Waals surface area contributed by atoms with Gasteiger partial charge in [0.05, 0.1) is 12.2 Å². The highest BCUT2D eigenvalue weighted by atomic mass is 16.5. The molecule has 7 heteroatoms. The molecule has 7 nitrogen and oxygen atoms in total. The summed E-state index contributed by atoms with van der Waals surface area (Å²) in [5, 5.41) is 0. The molecule has 2 N–H and O–H groups in total. The number of hydrogen-bond donors (Lipinski definition) is 1. The third-order valence-electron chi connectivity index (χ3n) is 6.43. The molecule has 2 heterocycles. The van der Waals surface area contributed by atoms with Crippen LogP contribution in [0.2, 0.25) is 0 Å². The lowest BCUT2D eigenvalue weighted by Crippen LogP contribution is -2.52. The van der Waals surface area contributed by atoms with Crippen LogP contribution in [0.5, 0.6) is 0 Å². The third-order valence-corrected chi connectivity index (χ3v) is 6.43. The number of benzene rings is 1. The van der Waals surface area contributed by atoms with Crippen LogP contribution in [-0.4, -0.2) is 30.8 Å². The van der Waals surface area contributed by atoms with Crippen molar-refractivity contribution >= 4 is 23.3 Å². The number of Topliss-reactive ketones (excluding diaryl/α,β-unsaturated/α-hetero) is 1. The van der Waals surface area contributed by atoms with Gasteiger partial charge < -0.3 is 20.1 Å². The average molecular weight is 439 g/mol. The van der Waals surface area contributed by atoms with Crippen molar-refractivity contribution in [2.24, 2.45) is 17.6 Å². The molecule has 0 saturated heterocycles. The molecule has 32 heavy (non-hydrogen) atoms. The molecule has 0 saturated carbocycles. The SMILES string of the molecule is CCOC(=O)C1=C(N)OC2=C(C(=O)C[C@H](C)C2)[C@@]12C(=O)N(CCC(C)C)c1ccccc12. The van der Waals surface area contributed by atoms with E-state index < -0.39 is 11.4 Å². The molecule has 2 atom stereocenters. The van der Waals surface area contributed by atoms with Gasteiger partial charge in [-0.25, -0.2) is 4.79 Å². The van der Waals surface area contributed by atoms with Gasteiger partial charge in [-0.3, -0.25) is 9.59 Å². The van der Waals surface area contributed by atoms with Crippen molar-refractivity contribution in [2.45, 2.75) is 52.4 Å². The van der Waals surface area contributed by atoms with E-state index in [1.165, 1.54) is 0 Å². The first kappa shape index (κ1) is 22.1. The van der Waals surface area contributed by atoms with E-state index in [-0.39, 0.29) is 47.7 Å². The van der Waals surface area contributed by atoms with Crippen LogP contribution >= 0.6 is 0 Å². The fourth-order valence-electron chi connectivity index (χ4n) is 5.07. The van der Waals surface area contributed by atoms with Crippen molar-refractivity contribution in [2.75, 3.05) is 18.1 Å². The number of ketones is 1. The maximum absolute atomic E-state index is 14.3.